The summed E-state index contributed by atoms with van der Waals surface area (Å²) in [5, 5.41) is 3.05. The molecule has 0 unspecified atom stereocenters. The number of aromatic nitrogens is 2. The largest absolute Gasteiger partial charge is 0.377 e. The lowest BCUT2D eigenvalue weighted by atomic mass is 9.75. The Bertz CT molecular complexity index is 537. The van der Waals surface area contributed by atoms with Crippen LogP contribution >= 0.6 is 0 Å². The van der Waals surface area contributed by atoms with Gasteiger partial charge in [0.05, 0.1) is 13.2 Å². The van der Waals surface area contributed by atoms with Crippen LogP contribution in [0.1, 0.15) is 12.8 Å². The van der Waals surface area contributed by atoms with Crippen LogP contribution < -0.4 is 10.2 Å². The molecule has 1 aromatic heterocycles. The Morgan fingerprint density at radius 1 is 1.35 bits per heavy atom. The van der Waals surface area contributed by atoms with Gasteiger partial charge in [0.1, 0.15) is 0 Å². The fourth-order valence-corrected chi connectivity index (χ4v) is 3.67. The first kappa shape index (κ1) is 15.9. The van der Waals surface area contributed by atoms with Crippen LogP contribution in [0.15, 0.2) is 31.1 Å². The van der Waals surface area contributed by atoms with Gasteiger partial charge >= 0.3 is 0 Å². The maximum absolute atomic E-state index is 12.3. The number of hydrogen-bond acceptors (Lipinski definition) is 5. The first-order chi connectivity index (χ1) is 11.3. The Labute approximate surface area is 136 Å². The molecule has 0 aromatic carbocycles. The third kappa shape index (κ3) is 3.69. The highest BCUT2D eigenvalue weighted by atomic mass is 16.5. The van der Waals surface area contributed by atoms with E-state index in [-0.39, 0.29) is 11.8 Å². The average molecular weight is 316 g/mol. The molecule has 0 spiro atoms. The number of nitrogens with one attached hydrogen (secondary N) is 1. The third-order valence-electron chi connectivity index (χ3n) is 4.84. The molecular formula is C17H24N4O2. The van der Waals surface area contributed by atoms with Crippen molar-refractivity contribution in [2.24, 2.45) is 17.8 Å². The van der Waals surface area contributed by atoms with E-state index in [2.05, 4.69) is 26.8 Å². The van der Waals surface area contributed by atoms with E-state index < -0.39 is 0 Å². The fourth-order valence-electron chi connectivity index (χ4n) is 3.67. The number of amides is 1. The Hall–Kier alpha value is -1.95. The number of rotatable bonds is 5. The van der Waals surface area contributed by atoms with Gasteiger partial charge in [0.2, 0.25) is 11.9 Å². The molecule has 0 saturated carbocycles. The molecule has 1 N–H and O–H groups in total. The molecule has 3 atom stereocenters. The summed E-state index contributed by atoms with van der Waals surface area (Å²) in [6, 6.07) is 1.82. The van der Waals surface area contributed by atoms with Crippen molar-refractivity contribution in [3.63, 3.8) is 0 Å². The average Bonchev–Trinajstić information content (AvgIpc) is 2.82. The van der Waals surface area contributed by atoms with E-state index in [0.717, 1.165) is 31.9 Å². The predicted octanol–water partition coefficient (Wildman–Crippen LogP) is 1.26. The van der Waals surface area contributed by atoms with Gasteiger partial charge in [-0.1, -0.05) is 6.08 Å². The van der Waals surface area contributed by atoms with Crippen LogP contribution in [0, 0.1) is 17.8 Å². The zero-order valence-corrected chi connectivity index (χ0v) is 13.4. The van der Waals surface area contributed by atoms with E-state index in [4.69, 9.17) is 4.74 Å². The number of carbonyl (C=O) groups excluding carboxylic acids is 1. The molecule has 0 radical (unpaired) electrons. The van der Waals surface area contributed by atoms with Gasteiger partial charge in [0, 0.05) is 43.9 Å². The summed E-state index contributed by atoms with van der Waals surface area (Å²) in [6.45, 7) is 7.33. The van der Waals surface area contributed by atoms with Crippen LogP contribution in [0.2, 0.25) is 0 Å². The SMILES string of the molecule is C=CCOC[C@@H]1CNC(=O)[C@H]2CCN(c3ncccn3)CC[C@@H]12. The van der Waals surface area contributed by atoms with Crippen molar-refractivity contribution < 1.29 is 9.53 Å². The molecule has 1 aromatic rings. The molecule has 2 aliphatic heterocycles. The van der Waals surface area contributed by atoms with Crippen molar-refractivity contribution in [2.75, 3.05) is 37.7 Å². The molecule has 124 valence electrons. The third-order valence-corrected chi connectivity index (χ3v) is 4.84. The van der Waals surface area contributed by atoms with E-state index in [1.54, 1.807) is 18.5 Å². The lowest BCUT2D eigenvalue weighted by Crippen LogP contribution is -2.49. The van der Waals surface area contributed by atoms with E-state index >= 15 is 0 Å². The van der Waals surface area contributed by atoms with Gasteiger partial charge in [-0.3, -0.25) is 4.79 Å². The zero-order valence-electron chi connectivity index (χ0n) is 13.4. The van der Waals surface area contributed by atoms with E-state index in [9.17, 15) is 4.79 Å². The number of ether oxygens (including phenoxy) is 1. The summed E-state index contributed by atoms with van der Waals surface area (Å²) in [5.74, 6) is 1.74. The molecule has 1 amide bonds. The Morgan fingerprint density at radius 2 is 2.13 bits per heavy atom. The Morgan fingerprint density at radius 3 is 2.91 bits per heavy atom. The highest BCUT2D eigenvalue weighted by molar-refractivity contribution is 5.80. The molecule has 3 rings (SSSR count). The molecule has 0 bridgehead atoms. The lowest BCUT2D eigenvalue weighted by Gasteiger charge is -2.36. The van der Waals surface area contributed by atoms with Crippen molar-refractivity contribution in [1.29, 1.82) is 0 Å². The van der Waals surface area contributed by atoms with Gasteiger partial charge in [-0.2, -0.15) is 0 Å². The molecular weight excluding hydrogens is 292 g/mol. The number of piperidine rings is 1. The van der Waals surface area contributed by atoms with E-state index in [1.165, 1.54) is 0 Å². The van der Waals surface area contributed by atoms with Crippen LogP contribution in [0.5, 0.6) is 0 Å². The molecule has 6 heteroatoms. The molecule has 3 heterocycles. The summed E-state index contributed by atoms with van der Waals surface area (Å²) in [4.78, 5) is 23.1. The van der Waals surface area contributed by atoms with E-state index in [1.807, 2.05) is 6.07 Å². The van der Waals surface area contributed by atoms with Gasteiger partial charge in [-0.05, 0) is 24.8 Å². The number of hydrogen-bond donors (Lipinski definition) is 1. The minimum atomic E-state index is 0.0646. The molecule has 0 aliphatic carbocycles. The first-order valence-corrected chi connectivity index (χ1v) is 8.28. The summed E-state index contributed by atoms with van der Waals surface area (Å²) in [5.41, 5.74) is 0. The standard InChI is InChI=1S/C17H24N4O2/c1-2-10-23-12-13-11-20-16(22)15-5-9-21(8-4-14(13)15)17-18-6-3-7-19-17/h2-3,6-7,13-15H,1,4-5,8-12H2,(H,20,22)/t13-,14-,15-/m0/s1. The monoisotopic (exact) mass is 316 g/mol. The summed E-state index contributed by atoms with van der Waals surface area (Å²) >= 11 is 0. The minimum absolute atomic E-state index is 0.0646. The first-order valence-electron chi connectivity index (χ1n) is 8.28. The smallest absolute Gasteiger partial charge is 0.225 e. The molecule has 6 nitrogen and oxygen atoms in total. The van der Waals surface area contributed by atoms with Gasteiger partial charge in [0.25, 0.3) is 0 Å². The van der Waals surface area contributed by atoms with Crippen LogP contribution in [-0.4, -0.2) is 48.7 Å². The summed E-state index contributed by atoms with van der Waals surface area (Å²) in [7, 11) is 0. The quantitative estimate of drug-likeness (QED) is 0.654. The topological polar surface area (TPSA) is 67.3 Å². The molecule has 2 fully saturated rings. The van der Waals surface area contributed by atoms with Gasteiger partial charge < -0.3 is 15.0 Å². The maximum Gasteiger partial charge on any atom is 0.225 e. The van der Waals surface area contributed by atoms with Gasteiger partial charge in [-0.25, -0.2) is 9.97 Å². The van der Waals surface area contributed by atoms with Crippen molar-refractivity contribution in [1.82, 2.24) is 15.3 Å². The zero-order chi connectivity index (χ0) is 16.1. The lowest BCUT2D eigenvalue weighted by molar-refractivity contribution is -0.131. The van der Waals surface area contributed by atoms with Crippen molar-refractivity contribution in [3.05, 3.63) is 31.1 Å². The molecule has 2 aliphatic rings. The Kier molecular flexibility index (Phi) is 5.23. The number of nitrogens with zero attached hydrogens (tertiary/aromatic N) is 3. The second-order valence-electron chi connectivity index (χ2n) is 6.21. The summed E-state index contributed by atoms with van der Waals surface area (Å²) in [6.07, 6.45) is 7.10. The molecule has 23 heavy (non-hydrogen) atoms. The normalized spacial score (nSPS) is 27.7. The number of anilines is 1. The van der Waals surface area contributed by atoms with Crippen molar-refractivity contribution in [3.8, 4) is 0 Å². The van der Waals surface area contributed by atoms with Crippen LogP contribution in [0.3, 0.4) is 0 Å². The van der Waals surface area contributed by atoms with Crippen LogP contribution in [-0.2, 0) is 9.53 Å². The second-order valence-corrected chi connectivity index (χ2v) is 6.21. The highest BCUT2D eigenvalue weighted by Crippen LogP contribution is 2.34. The van der Waals surface area contributed by atoms with Crippen LogP contribution in [0.4, 0.5) is 5.95 Å². The van der Waals surface area contributed by atoms with Crippen LogP contribution in [0.25, 0.3) is 0 Å². The van der Waals surface area contributed by atoms with Gasteiger partial charge in [0.15, 0.2) is 0 Å². The summed E-state index contributed by atoms with van der Waals surface area (Å²) < 4.78 is 5.65. The maximum atomic E-state index is 12.3. The van der Waals surface area contributed by atoms with Crippen molar-refractivity contribution in [2.45, 2.75) is 12.8 Å². The number of carbonyl (C=O) groups is 1. The number of fused-ring (bicyclic) bond motifs is 1. The Balaban J connectivity index is 1.68. The fraction of sp³-hybridized carbons (Fsp3) is 0.588. The van der Waals surface area contributed by atoms with Crippen molar-refractivity contribution >= 4 is 11.9 Å². The van der Waals surface area contributed by atoms with Gasteiger partial charge in [-0.15, -0.1) is 6.58 Å². The van der Waals surface area contributed by atoms with E-state index in [0.29, 0.717) is 31.6 Å². The predicted molar refractivity (Wildman–Crippen MR) is 88.0 cm³/mol. The minimum Gasteiger partial charge on any atom is -0.377 e. The highest BCUT2D eigenvalue weighted by Gasteiger charge is 2.40. The molecule has 2 saturated heterocycles. The second kappa shape index (κ2) is 7.55.